The highest BCUT2D eigenvalue weighted by atomic mass is 16.5. The van der Waals surface area contributed by atoms with E-state index in [4.69, 9.17) is 9.72 Å². The minimum atomic E-state index is -0.463. The van der Waals surface area contributed by atoms with Gasteiger partial charge < -0.3 is 9.30 Å². The lowest BCUT2D eigenvalue weighted by atomic mass is 9.88. The summed E-state index contributed by atoms with van der Waals surface area (Å²) in [7, 11) is 1.61. The summed E-state index contributed by atoms with van der Waals surface area (Å²) < 4.78 is 10.5. The Bertz CT molecular complexity index is 2090. The Kier molecular flexibility index (Phi) is 8.62. The molecule has 1 fully saturated rings. The molecular formula is C36H38N8O3. The number of methoxy groups -OCH3 is 1. The Balaban J connectivity index is 1.37. The van der Waals surface area contributed by atoms with Crippen LogP contribution in [0.15, 0.2) is 88.5 Å². The van der Waals surface area contributed by atoms with Crippen molar-refractivity contribution in [3.8, 4) is 22.5 Å². The van der Waals surface area contributed by atoms with Gasteiger partial charge in [-0.05, 0) is 47.2 Å². The summed E-state index contributed by atoms with van der Waals surface area (Å²) in [6, 6.07) is 25.5. The molecule has 1 unspecified atom stereocenters. The van der Waals surface area contributed by atoms with Gasteiger partial charge >= 0.3 is 5.69 Å². The van der Waals surface area contributed by atoms with Gasteiger partial charge in [0.05, 0.1) is 19.2 Å². The lowest BCUT2D eigenvalue weighted by Gasteiger charge is -2.22. The molecule has 11 heteroatoms. The van der Waals surface area contributed by atoms with Crippen molar-refractivity contribution in [1.82, 2.24) is 39.3 Å². The van der Waals surface area contributed by atoms with Crippen molar-refractivity contribution in [3.05, 3.63) is 117 Å². The highest BCUT2D eigenvalue weighted by molar-refractivity contribution is 5.80. The van der Waals surface area contributed by atoms with Crippen molar-refractivity contribution in [3.63, 3.8) is 0 Å². The summed E-state index contributed by atoms with van der Waals surface area (Å²) in [5, 5.41) is 14.6. The predicted molar refractivity (Wildman–Crippen MR) is 180 cm³/mol. The number of benzene rings is 3. The number of fused-ring (bicyclic) bond motifs is 1. The van der Waals surface area contributed by atoms with Gasteiger partial charge in [0.25, 0.3) is 5.56 Å². The van der Waals surface area contributed by atoms with E-state index >= 15 is 0 Å². The first-order valence-corrected chi connectivity index (χ1v) is 16.3. The molecule has 0 aliphatic heterocycles. The summed E-state index contributed by atoms with van der Waals surface area (Å²) in [4.78, 5) is 33.7. The third kappa shape index (κ3) is 5.83. The zero-order valence-corrected chi connectivity index (χ0v) is 26.7. The Morgan fingerprint density at radius 1 is 0.894 bits per heavy atom. The number of hydrogen-bond donors (Lipinski definition) is 1. The first kappa shape index (κ1) is 30.5. The first-order chi connectivity index (χ1) is 23.0. The zero-order chi connectivity index (χ0) is 32.3. The van der Waals surface area contributed by atoms with Crippen LogP contribution in [-0.4, -0.2) is 53.0 Å². The minimum absolute atomic E-state index is 0.211. The van der Waals surface area contributed by atoms with E-state index in [0.717, 1.165) is 59.3 Å². The number of imidazole rings is 1. The van der Waals surface area contributed by atoms with Crippen LogP contribution in [0, 0.1) is 0 Å². The van der Waals surface area contributed by atoms with Crippen LogP contribution in [0.4, 0.5) is 0 Å². The van der Waals surface area contributed by atoms with Gasteiger partial charge in [-0.15, -0.1) is 10.2 Å². The minimum Gasteiger partial charge on any atom is -0.383 e. The molecule has 1 atom stereocenters. The molecule has 7 rings (SSSR count). The van der Waals surface area contributed by atoms with Crippen LogP contribution in [0.5, 0.6) is 0 Å². The molecular weight excluding hydrogens is 592 g/mol. The first-order valence-electron chi connectivity index (χ1n) is 16.3. The van der Waals surface area contributed by atoms with Gasteiger partial charge in [-0.3, -0.25) is 13.9 Å². The molecule has 0 saturated heterocycles. The van der Waals surface area contributed by atoms with Crippen LogP contribution in [0.25, 0.3) is 33.7 Å². The summed E-state index contributed by atoms with van der Waals surface area (Å²) in [6.45, 7) is 2.97. The molecule has 0 radical (unpaired) electrons. The third-order valence-electron chi connectivity index (χ3n) is 9.37. The molecule has 0 amide bonds. The number of H-pyrrole nitrogens is 1. The number of nitrogens with zero attached hydrogens (tertiary/aromatic N) is 7. The average Bonchev–Trinajstić information content (AvgIpc) is 3.79. The zero-order valence-electron chi connectivity index (χ0n) is 26.7. The van der Waals surface area contributed by atoms with Gasteiger partial charge in [0.15, 0.2) is 11.2 Å². The normalized spacial score (nSPS) is 14.5. The number of rotatable bonds is 10. The molecule has 3 aromatic carbocycles. The molecule has 3 aromatic heterocycles. The molecule has 1 N–H and O–H groups in total. The van der Waals surface area contributed by atoms with Crippen LogP contribution < -0.4 is 11.2 Å². The van der Waals surface area contributed by atoms with Crippen molar-refractivity contribution >= 4 is 11.2 Å². The van der Waals surface area contributed by atoms with Crippen LogP contribution >= 0.6 is 0 Å². The molecule has 47 heavy (non-hydrogen) atoms. The quantitative estimate of drug-likeness (QED) is 0.210. The number of hydrogen-bond acceptors (Lipinski definition) is 7. The summed E-state index contributed by atoms with van der Waals surface area (Å²) in [5.41, 5.74) is 5.00. The largest absolute Gasteiger partial charge is 0.383 e. The van der Waals surface area contributed by atoms with E-state index in [0.29, 0.717) is 36.7 Å². The van der Waals surface area contributed by atoms with Crippen LogP contribution in [0.1, 0.15) is 67.9 Å². The van der Waals surface area contributed by atoms with E-state index in [-0.39, 0.29) is 17.2 Å². The highest BCUT2D eigenvalue weighted by Crippen LogP contribution is 2.34. The summed E-state index contributed by atoms with van der Waals surface area (Å²) in [5.74, 6) is 1.62. The van der Waals surface area contributed by atoms with Crippen molar-refractivity contribution in [1.29, 1.82) is 0 Å². The van der Waals surface area contributed by atoms with E-state index in [2.05, 4.69) is 49.5 Å². The topological polar surface area (TPSA) is 126 Å². The lowest BCUT2D eigenvalue weighted by Crippen LogP contribution is -2.43. The van der Waals surface area contributed by atoms with Gasteiger partial charge in [0.2, 0.25) is 5.82 Å². The van der Waals surface area contributed by atoms with Gasteiger partial charge in [0, 0.05) is 25.1 Å². The van der Waals surface area contributed by atoms with E-state index in [1.54, 1.807) is 11.7 Å². The molecule has 11 nitrogen and oxygen atoms in total. The molecule has 0 spiro atoms. The fourth-order valence-electron chi connectivity index (χ4n) is 6.89. The third-order valence-corrected chi connectivity index (χ3v) is 9.37. The molecule has 3 heterocycles. The second kappa shape index (κ2) is 13.3. The second-order valence-electron chi connectivity index (χ2n) is 12.2. The molecule has 1 saturated carbocycles. The number of aromatic amines is 1. The van der Waals surface area contributed by atoms with Crippen molar-refractivity contribution in [2.24, 2.45) is 0 Å². The Labute approximate surface area is 271 Å². The highest BCUT2D eigenvalue weighted by Gasteiger charge is 2.28. The molecule has 1 aliphatic rings. The predicted octanol–water partition coefficient (Wildman–Crippen LogP) is 5.56. The smallest absolute Gasteiger partial charge is 0.333 e. The van der Waals surface area contributed by atoms with E-state index < -0.39 is 6.04 Å². The van der Waals surface area contributed by atoms with E-state index in [1.807, 2.05) is 61.5 Å². The van der Waals surface area contributed by atoms with Crippen LogP contribution in [0.2, 0.25) is 0 Å². The molecule has 240 valence electrons. The maximum absolute atomic E-state index is 14.5. The monoisotopic (exact) mass is 630 g/mol. The van der Waals surface area contributed by atoms with Crippen molar-refractivity contribution in [2.75, 3.05) is 13.7 Å². The molecule has 0 bridgehead atoms. The SMILES string of the molecule is COCCn1c(=O)n(C(C)c2ccccc2)c(=O)c2c1nc(C1CCCCC1)n2Cc1ccc(-c2ccccc2-c2nn[nH]n2)cc1. The summed E-state index contributed by atoms with van der Waals surface area (Å²) >= 11 is 0. The van der Waals surface area contributed by atoms with E-state index in [1.165, 1.54) is 11.0 Å². The van der Waals surface area contributed by atoms with E-state index in [9.17, 15) is 9.59 Å². The van der Waals surface area contributed by atoms with Gasteiger partial charge in [0.1, 0.15) is 5.82 Å². The summed E-state index contributed by atoms with van der Waals surface area (Å²) in [6.07, 6.45) is 5.45. The fourth-order valence-corrected chi connectivity index (χ4v) is 6.89. The van der Waals surface area contributed by atoms with Crippen molar-refractivity contribution < 1.29 is 4.74 Å². The van der Waals surface area contributed by atoms with Gasteiger partial charge in [-0.2, -0.15) is 5.21 Å². The number of aromatic nitrogens is 8. The molecule has 1 aliphatic carbocycles. The fraction of sp³-hybridized carbons (Fsp3) is 0.333. The van der Waals surface area contributed by atoms with Gasteiger partial charge in [-0.1, -0.05) is 98.1 Å². The maximum Gasteiger partial charge on any atom is 0.333 e. The Hall–Kier alpha value is -5.16. The Morgan fingerprint density at radius 2 is 1.62 bits per heavy atom. The van der Waals surface area contributed by atoms with Crippen LogP contribution in [-0.2, 0) is 17.8 Å². The molecule has 6 aromatic rings. The number of ether oxygens (including phenoxy) is 1. The number of nitrogens with one attached hydrogen (secondary N) is 1. The number of tetrazole rings is 1. The van der Waals surface area contributed by atoms with Crippen molar-refractivity contribution in [2.45, 2.75) is 64.1 Å². The Morgan fingerprint density at radius 3 is 2.32 bits per heavy atom. The standard InChI is InChI=1S/C36H38N8O3/c1-24(26-11-5-3-6-12-26)44-35(45)31-34(42(36(44)46)21-22-47-2)37-33(28-13-7-4-8-14-28)43(31)23-25-17-19-27(20-18-25)29-15-9-10-16-30(29)32-38-40-41-39-32/h3,5-6,9-12,15-20,24,28H,4,7-8,13-14,21-23H2,1-2H3,(H,38,39,40,41). The van der Waals surface area contributed by atoms with Crippen LogP contribution in [0.3, 0.4) is 0 Å². The average molecular weight is 631 g/mol. The van der Waals surface area contributed by atoms with Gasteiger partial charge in [-0.25, -0.2) is 9.78 Å². The second-order valence-corrected chi connectivity index (χ2v) is 12.2. The lowest BCUT2D eigenvalue weighted by molar-refractivity contribution is 0.186. The maximum atomic E-state index is 14.5.